The molecule has 17 heavy (non-hydrogen) atoms. The first-order chi connectivity index (χ1) is 8.20. The van der Waals surface area contributed by atoms with Crippen LogP contribution in [0.25, 0.3) is 0 Å². The molecule has 1 amide bonds. The highest BCUT2D eigenvalue weighted by atomic mass is 19.1. The predicted molar refractivity (Wildman–Crippen MR) is 62.2 cm³/mol. The van der Waals surface area contributed by atoms with Crippen molar-refractivity contribution in [1.82, 2.24) is 5.32 Å². The van der Waals surface area contributed by atoms with Crippen molar-refractivity contribution in [1.29, 1.82) is 0 Å². The summed E-state index contributed by atoms with van der Waals surface area (Å²) in [5.41, 5.74) is 0.469. The zero-order valence-corrected chi connectivity index (χ0v) is 9.57. The number of benzene rings is 1. The maximum Gasteiger partial charge on any atom is 0.231 e. The molecule has 0 saturated carbocycles. The molecule has 1 saturated heterocycles. The van der Waals surface area contributed by atoms with Crippen molar-refractivity contribution in [3.8, 4) is 0 Å². The summed E-state index contributed by atoms with van der Waals surface area (Å²) in [5.74, 6) is -0.744. The summed E-state index contributed by atoms with van der Waals surface area (Å²) >= 11 is 0. The van der Waals surface area contributed by atoms with Gasteiger partial charge in [0.25, 0.3) is 0 Å². The minimum absolute atomic E-state index is 0.0172. The first-order valence-corrected chi connectivity index (χ1v) is 5.52. The van der Waals surface area contributed by atoms with Gasteiger partial charge in [0.05, 0.1) is 19.1 Å². The van der Waals surface area contributed by atoms with E-state index in [0.717, 1.165) is 0 Å². The van der Waals surface area contributed by atoms with E-state index in [1.165, 1.54) is 12.1 Å². The quantitative estimate of drug-likeness (QED) is 0.826. The third-order valence-corrected chi connectivity index (χ3v) is 2.88. The molecule has 1 aliphatic heterocycles. The molecule has 2 N–H and O–H groups in total. The zero-order valence-electron chi connectivity index (χ0n) is 9.57. The topological polar surface area (TPSA) is 50.4 Å². The minimum Gasteiger partial charge on any atom is -0.379 e. The van der Waals surface area contributed by atoms with Crippen molar-refractivity contribution < 1.29 is 13.9 Å². The molecule has 1 fully saturated rings. The van der Waals surface area contributed by atoms with Gasteiger partial charge in [-0.15, -0.1) is 0 Å². The molecule has 0 spiro atoms. The molecular formula is C12H15FN2O2. The number of hydrogen-bond donors (Lipinski definition) is 2. The van der Waals surface area contributed by atoms with Crippen LogP contribution in [-0.4, -0.2) is 32.2 Å². The Labute approximate surface area is 99.2 Å². The molecule has 1 heterocycles. The molecule has 2 atom stereocenters. The molecule has 0 aliphatic carbocycles. The Bertz CT molecular complexity index is 411. The van der Waals surface area contributed by atoms with Gasteiger partial charge in [0, 0.05) is 11.7 Å². The van der Waals surface area contributed by atoms with Gasteiger partial charge < -0.3 is 15.4 Å². The van der Waals surface area contributed by atoms with E-state index in [1.807, 2.05) is 0 Å². The molecule has 1 aliphatic rings. The Morgan fingerprint density at radius 2 is 2.29 bits per heavy atom. The smallest absolute Gasteiger partial charge is 0.231 e. The van der Waals surface area contributed by atoms with Crippen molar-refractivity contribution in [2.75, 3.05) is 25.6 Å². The van der Waals surface area contributed by atoms with Gasteiger partial charge in [-0.1, -0.05) is 6.07 Å². The fraction of sp³-hybridized carbons (Fsp3) is 0.417. The third kappa shape index (κ3) is 2.81. The Hall–Kier alpha value is -1.46. The van der Waals surface area contributed by atoms with Crippen LogP contribution in [-0.2, 0) is 9.53 Å². The SMILES string of the molecule is CNC1COCC1C(=O)Nc1cccc(F)c1. The van der Waals surface area contributed by atoms with Crippen molar-refractivity contribution in [3.63, 3.8) is 0 Å². The summed E-state index contributed by atoms with van der Waals surface area (Å²) in [5, 5.41) is 5.72. The number of likely N-dealkylation sites (N-methyl/N-ethyl adjacent to an activating group) is 1. The Morgan fingerprint density at radius 1 is 1.47 bits per heavy atom. The normalized spacial score (nSPS) is 23.6. The average molecular weight is 238 g/mol. The number of carbonyl (C=O) groups excluding carboxylic acids is 1. The number of ether oxygens (including phenoxy) is 1. The maximum absolute atomic E-state index is 12.9. The minimum atomic E-state index is -0.365. The summed E-state index contributed by atoms with van der Waals surface area (Å²) in [7, 11) is 1.79. The van der Waals surface area contributed by atoms with E-state index in [2.05, 4.69) is 10.6 Å². The maximum atomic E-state index is 12.9. The van der Waals surface area contributed by atoms with Gasteiger partial charge in [-0.2, -0.15) is 0 Å². The van der Waals surface area contributed by atoms with Crippen LogP contribution in [0.1, 0.15) is 0 Å². The molecule has 1 aromatic carbocycles. The molecule has 0 bridgehead atoms. The number of halogens is 1. The molecule has 0 aromatic heterocycles. The van der Waals surface area contributed by atoms with E-state index >= 15 is 0 Å². The van der Waals surface area contributed by atoms with Crippen LogP contribution in [0.15, 0.2) is 24.3 Å². The Morgan fingerprint density at radius 3 is 3.00 bits per heavy atom. The first-order valence-electron chi connectivity index (χ1n) is 5.52. The van der Waals surface area contributed by atoms with E-state index < -0.39 is 0 Å². The fourth-order valence-electron chi connectivity index (χ4n) is 1.90. The average Bonchev–Trinajstić information content (AvgIpc) is 2.77. The molecule has 4 nitrogen and oxygen atoms in total. The molecule has 92 valence electrons. The van der Waals surface area contributed by atoms with Crippen molar-refractivity contribution in [3.05, 3.63) is 30.1 Å². The van der Waals surface area contributed by atoms with Crippen molar-refractivity contribution >= 4 is 11.6 Å². The summed E-state index contributed by atoms with van der Waals surface area (Å²) < 4.78 is 18.2. The second kappa shape index (κ2) is 5.25. The summed E-state index contributed by atoms with van der Waals surface area (Å²) in [6.07, 6.45) is 0. The number of carbonyl (C=O) groups is 1. The highest BCUT2D eigenvalue weighted by molar-refractivity contribution is 5.93. The van der Waals surface area contributed by atoms with Crippen LogP contribution < -0.4 is 10.6 Å². The van der Waals surface area contributed by atoms with Crippen molar-refractivity contribution in [2.24, 2.45) is 5.92 Å². The van der Waals surface area contributed by atoms with E-state index in [-0.39, 0.29) is 23.7 Å². The van der Waals surface area contributed by atoms with Crippen LogP contribution in [0.4, 0.5) is 10.1 Å². The van der Waals surface area contributed by atoms with Gasteiger partial charge in [-0.05, 0) is 25.2 Å². The number of anilines is 1. The summed E-state index contributed by atoms with van der Waals surface area (Å²) in [6, 6.07) is 5.87. The van der Waals surface area contributed by atoms with Crippen molar-refractivity contribution in [2.45, 2.75) is 6.04 Å². The van der Waals surface area contributed by atoms with Crippen LogP contribution >= 0.6 is 0 Å². The zero-order chi connectivity index (χ0) is 12.3. The lowest BCUT2D eigenvalue weighted by Gasteiger charge is -2.16. The van der Waals surface area contributed by atoms with Gasteiger partial charge >= 0.3 is 0 Å². The molecule has 1 aromatic rings. The summed E-state index contributed by atoms with van der Waals surface area (Å²) in [4.78, 5) is 11.9. The second-order valence-corrected chi connectivity index (χ2v) is 4.04. The number of amides is 1. The number of rotatable bonds is 3. The van der Waals surface area contributed by atoms with Gasteiger partial charge in [-0.3, -0.25) is 4.79 Å². The lowest BCUT2D eigenvalue weighted by atomic mass is 10.0. The van der Waals surface area contributed by atoms with Gasteiger partial charge in [0.1, 0.15) is 5.82 Å². The Kier molecular flexibility index (Phi) is 3.71. The lowest BCUT2D eigenvalue weighted by molar-refractivity contribution is -0.120. The van der Waals surface area contributed by atoms with E-state index in [4.69, 9.17) is 4.74 Å². The predicted octanol–water partition coefficient (Wildman–Crippen LogP) is 0.999. The van der Waals surface area contributed by atoms with E-state index in [0.29, 0.717) is 18.9 Å². The second-order valence-electron chi connectivity index (χ2n) is 4.04. The highest BCUT2D eigenvalue weighted by Gasteiger charge is 2.32. The standard InChI is InChI=1S/C12H15FN2O2/c1-14-11-7-17-6-10(11)12(16)15-9-4-2-3-8(13)5-9/h2-5,10-11,14H,6-7H2,1H3,(H,15,16). The monoisotopic (exact) mass is 238 g/mol. The fourth-order valence-corrected chi connectivity index (χ4v) is 1.90. The molecule has 2 unspecified atom stereocenters. The summed E-state index contributed by atoms with van der Waals surface area (Å²) in [6.45, 7) is 0.921. The largest absolute Gasteiger partial charge is 0.379 e. The van der Waals surface area contributed by atoms with Crippen LogP contribution in [0.5, 0.6) is 0 Å². The van der Waals surface area contributed by atoms with E-state index in [1.54, 1.807) is 19.2 Å². The Balaban J connectivity index is 2.01. The number of nitrogens with one attached hydrogen (secondary N) is 2. The number of hydrogen-bond acceptors (Lipinski definition) is 3. The first kappa shape index (κ1) is 12.0. The van der Waals surface area contributed by atoms with Gasteiger partial charge in [0.2, 0.25) is 5.91 Å². The molecule has 2 rings (SSSR count). The third-order valence-electron chi connectivity index (χ3n) is 2.88. The highest BCUT2D eigenvalue weighted by Crippen LogP contribution is 2.17. The van der Waals surface area contributed by atoms with E-state index in [9.17, 15) is 9.18 Å². The van der Waals surface area contributed by atoms with Crippen LogP contribution in [0, 0.1) is 11.7 Å². The van der Waals surface area contributed by atoms with Crippen LogP contribution in [0.3, 0.4) is 0 Å². The lowest BCUT2D eigenvalue weighted by Crippen LogP contribution is -2.39. The van der Waals surface area contributed by atoms with Crippen LogP contribution in [0.2, 0.25) is 0 Å². The molecular weight excluding hydrogens is 223 g/mol. The molecule has 0 radical (unpaired) electrons. The van der Waals surface area contributed by atoms with Gasteiger partial charge in [-0.25, -0.2) is 4.39 Å². The van der Waals surface area contributed by atoms with Gasteiger partial charge in [0.15, 0.2) is 0 Å². The molecule has 5 heteroatoms.